The van der Waals surface area contributed by atoms with E-state index in [9.17, 15) is 0 Å². The molecule has 2 aromatic heterocycles. The van der Waals surface area contributed by atoms with Gasteiger partial charge in [0.15, 0.2) is 0 Å². The van der Waals surface area contributed by atoms with Crippen molar-refractivity contribution in [2.45, 2.75) is 13.8 Å². The molecule has 16 heavy (non-hydrogen) atoms. The van der Waals surface area contributed by atoms with E-state index in [1.54, 1.807) is 18.6 Å². The fourth-order valence-corrected chi connectivity index (χ4v) is 1.84. The number of pyridine rings is 2. The van der Waals surface area contributed by atoms with Gasteiger partial charge in [0.1, 0.15) is 5.82 Å². The highest BCUT2D eigenvalue weighted by molar-refractivity contribution is 9.10. The Hall–Kier alpha value is -1.42. The van der Waals surface area contributed by atoms with Crippen molar-refractivity contribution in [2.24, 2.45) is 0 Å². The van der Waals surface area contributed by atoms with Gasteiger partial charge in [0.05, 0.1) is 11.9 Å². The molecule has 0 bridgehead atoms. The molecule has 0 amide bonds. The smallest absolute Gasteiger partial charge is 0.133 e. The highest BCUT2D eigenvalue weighted by Gasteiger charge is 2.03. The third-order valence-electron chi connectivity index (χ3n) is 2.34. The van der Waals surface area contributed by atoms with Gasteiger partial charge in [-0.15, -0.1) is 0 Å². The molecule has 0 atom stereocenters. The van der Waals surface area contributed by atoms with Crippen molar-refractivity contribution in [1.29, 1.82) is 0 Å². The summed E-state index contributed by atoms with van der Waals surface area (Å²) in [6.07, 6.45) is 5.36. The van der Waals surface area contributed by atoms with E-state index in [0.717, 1.165) is 27.1 Å². The predicted molar refractivity (Wildman–Crippen MR) is 68.9 cm³/mol. The molecule has 0 saturated carbocycles. The summed E-state index contributed by atoms with van der Waals surface area (Å²) in [5.74, 6) is 0.860. The van der Waals surface area contributed by atoms with Crippen LogP contribution in [0.2, 0.25) is 0 Å². The minimum absolute atomic E-state index is 0.860. The van der Waals surface area contributed by atoms with Crippen LogP contribution in [0.25, 0.3) is 0 Å². The molecule has 0 aliphatic carbocycles. The van der Waals surface area contributed by atoms with Crippen LogP contribution < -0.4 is 5.32 Å². The number of anilines is 2. The van der Waals surface area contributed by atoms with Crippen molar-refractivity contribution in [1.82, 2.24) is 9.97 Å². The van der Waals surface area contributed by atoms with E-state index in [4.69, 9.17) is 0 Å². The van der Waals surface area contributed by atoms with Gasteiger partial charge in [0.25, 0.3) is 0 Å². The number of rotatable bonds is 2. The summed E-state index contributed by atoms with van der Waals surface area (Å²) in [6, 6.07) is 4.00. The number of hydrogen-bond donors (Lipinski definition) is 1. The number of aryl methyl sites for hydroxylation is 2. The lowest BCUT2D eigenvalue weighted by atomic mass is 10.2. The highest BCUT2D eigenvalue weighted by Crippen LogP contribution is 2.22. The Morgan fingerprint density at radius 2 is 2.00 bits per heavy atom. The standard InChI is InChI=1S/C12H12BrN3/c1-8-3-4-14-7-11(8)16-12-9(2)5-10(13)6-15-12/h3-7H,1-2H3,(H,15,16). The first-order valence-electron chi connectivity index (χ1n) is 4.96. The van der Waals surface area contributed by atoms with Crippen LogP contribution in [0, 0.1) is 13.8 Å². The van der Waals surface area contributed by atoms with E-state index in [-0.39, 0.29) is 0 Å². The van der Waals surface area contributed by atoms with Crippen LogP contribution in [0.3, 0.4) is 0 Å². The van der Waals surface area contributed by atoms with Crippen molar-refractivity contribution < 1.29 is 0 Å². The Morgan fingerprint density at radius 1 is 1.19 bits per heavy atom. The number of nitrogens with zero attached hydrogens (tertiary/aromatic N) is 2. The van der Waals surface area contributed by atoms with E-state index in [1.807, 2.05) is 26.0 Å². The molecule has 0 radical (unpaired) electrons. The van der Waals surface area contributed by atoms with E-state index >= 15 is 0 Å². The molecule has 4 heteroatoms. The van der Waals surface area contributed by atoms with Crippen LogP contribution in [0.15, 0.2) is 35.2 Å². The van der Waals surface area contributed by atoms with Crippen molar-refractivity contribution in [3.8, 4) is 0 Å². The van der Waals surface area contributed by atoms with E-state index in [2.05, 4.69) is 31.2 Å². The second-order valence-corrected chi connectivity index (χ2v) is 4.55. The monoisotopic (exact) mass is 277 g/mol. The van der Waals surface area contributed by atoms with Crippen molar-refractivity contribution in [2.75, 3.05) is 5.32 Å². The topological polar surface area (TPSA) is 37.8 Å². The van der Waals surface area contributed by atoms with Gasteiger partial charge in [-0.1, -0.05) is 0 Å². The fraction of sp³-hybridized carbons (Fsp3) is 0.167. The molecule has 1 N–H and O–H groups in total. The first-order chi connectivity index (χ1) is 7.66. The summed E-state index contributed by atoms with van der Waals surface area (Å²) in [5, 5.41) is 3.27. The summed E-state index contributed by atoms with van der Waals surface area (Å²) in [6.45, 7) is 4.06. The normalized spacial score (nSPS) is 10.2. The molecule has 0 unspecified atom stereocenters. The molecule has 2 rings (SSSR count). The van der Waals surface area contributed by atoms with Gasteiger partial charge in [0, 0.05) is 16.9 Å². The molecule has 0 aliphatic rings. The SMILES string of the molecule is Cc1ccncc1Nc1ncc(Br)cc1C. The third kappa shape index (κ3) is 2.39. The highest BCUT2D eigenvalue weighted by atomic mass is 79.9. The molecule has 0 saturated heterocycles. The molecule has 82 valence electrons. The molecular weight excluding hydrogens is 266 g/mol. The van der Waals surface area contributed by atoms with E-state index in [1.165, 1.54) is 0 Å². The molecule has 0 aromatic carbocycles. The Morgan fingerprint density at radius 3 is 2.69 bits per heavy atom. The van der Waals surface area contributed by atoms with Gasteiger partial charge in [-0.3, -0.25) is 4.98 Å². The Kier molecular flexibility index (Phi) is 3.19. The van der Waals surface area contributed by atoms with Crippen LogP contribution in [-0.2, 0) is 0 Å². The maximum atomic E-state index is 4.33. The summed E-state index contributed by atoms with van der Waals surface area (Å²) < 4.78 is 0.985. The van der Waals surface area contributed by atoms with Gasteiger partial charge in [-0.2, -0.15) is 0 Å². The van der Waals surface area contributed by atoms with E-state index in [0.29, 0.717) is 0 Å². The Bertz CT molecular complexity index is 511. The summed E-state index contributed by atoms with van der Waals surface area (Å²) in [7, 11) is 0. The zero-order valence-corrected chi connectivity index (χ0v) is 10.7. The number of nitrogens with one attached hydrogen (secondary N) is 1. The first kappa shape index (κ1) is 11.1. The van der Waals surface area contributed by atoms with Crippen molar-refractivity contribution in [3.63, 3.8) is 0 Å². The van der Waals surface area contributed by atoms with Gasteiger partial charge in [-0.05, 0) is 53.0 Å². The summed E-state index contributed by atoms with van der Waals surface area (Å²) in [5.41, 5.74) is 3.23. The van der Waals surface area contributed by atoms with Crippen LogP contribution in [0.4, 0.5) is 11.5 Å². The molecule has 2 aromatic rings. The van der Waals surface area contributed by atoms with Crippen LogP contribution in [-0.4, -0.2) is 9.97 Å². The molecule has 2 heterocycles. The fourth-order valence-electron chi connectivity index (χ4n) is 1.39. The van der Waals surface area contributed by atoms with E-state index < -0.39 is 0 Å². The minimum Gasteiger partial charge on any atom is -0.339 e. The van der Waals surface area contributed by atoms with Crippen LogP contribution >= 0.6 is 15.9 Å². The van der Waals surface area contributed by atoms with Gasteiger partial charge in [-0.25, -0.2) is 4.98 Å². The number of aromatic nitrogens is 2. The second-order valence-electron chi connectivity index (χ2n) is 3.63. The van der Waals surface area contributed by atoms with Crippen LogP contribution in [0.5, 0.6) is 0 Å². The van der Waals surface area contributed by atoms with Gasteiger partial charge < -0.3 is 5.32 Å². The Labute approximate surface area is 103 Å². The van der Waals surface area contributed by atoms with Gasteiger partial charge in [0.2, 0.25) is 0 Å². The third-order valence-corrected chi connectivity index (χ3v) is 2.77. The summed E-state index contributed by atoms with van der Waals surface area (Å²) in [4.78, 5) is 8.42. The molecular formula is C12H12BrN3. The van der Waals surface area contributed by atoms with Crippen LogP contribution in [0.1, 0.15) is 11.1 Å². The summed E-state index contributed by atoms with van der Waals surface area (Å²) >= 11 is 3.39. The maximum absolute atomic E-state index is 4.33. The number of hydrogen-bond acceptors (Lipinski definition) is 3. The average molecular weight is 278 g/mol. The quantitative estimate of drug-likeness (QED) is 0.912. The lowest BCUT2D eigenvalue weighted by molar-refractivity contribution is 1.21. The molecule has 0 aliphatic heterocycles. The predicted octanol–water partition coefficient (Wildman–Crippen LogP) is 3.60. The van der Waals surface area contributed by atoms with Crippen molar-refractivity contribution >= 4 is 27.4 Å². The largest absolute Gasteiger partial charge is 0.339 e. The molecule has 0 spiro atoms. The Balaban J connectivity index is 2.31. The van der Waals surface area contributed by atoms with Gasteiger partial charge >= 0.3 is 0 Å². The zero-order chi connectivity index (χ0) is 11.5. The zero-order valence-electron chi connectivity index (χ0n) is 9.16. The molecule has 3 nitrogen and oxygen atoms in total. The number of halogens is 1. The second kappa shape index (κ2) is 4.61. The van der Waals surface area contributed by atoms with Crippen molar-refractivity contribution in [3.05, 3.63) is 46.3 Å². The molecule has 0 fully saturated rings. The first-order valence-corrected chi connectivity index (χ1v) is 5.76. The maximum Gasteiger partial charge on any atom is 0.133 e. The lowest BCUT2D eigenvalue weighted by Gasteiger charge is -2.10. The minimum atomic E-state index is 0.860. The lowest BCUT2D eigenvalue weighted by Crippen LogP contribution is -1.98. The average Bonchev–Trinajstić information content (AvgIpc) is 2.25.